The standard InChI is InChI=1S/C17H25FN2/c1-2-19-12-13-8-9-17(15(18)11-13)20-10-4-6-14-5-3-7-16(14)20/h8-9,11,14,16,19H,2-7,10,12H2,1H3. The molecule has 2 aliphatic rings. The number of rotatable bonds is 4. The molecule has 0 amide bonds. The lowest BCUT2D eigenvalue weighted by Crippen LogP contribution is -2.43. The molecule has 1 aliphatic carbocycles. The molecule has 0 aromatic heterocycles. The highest BCUT2D eigenvalue weighted by molar-refractivity contribution is 5.51. The monoisotopic (exact) mass is 276 g/mol. The van der Waals surface area contributed by atoms with Crippen LogP contribution in [0.1, 0.15) is 44.6 Å². The van der Waals surface area contributed by atoms with E-state index >= 15 is 0 Å². The molecule has 3 rings (SSSR count). The first kappa shape index (κ1) is 13.9. The van der Waals surface area contributed by atoms with Crippen molar-refractivity contribution in [1.29, 1.82) is 0 Å². The van der Waals surface area contributed by atoms with Gasteiger partial charge in [0, 0.05) is 19.1 Å². The minimum absolute atomic E-state index is 0.0482. The number of hydrogen-bond acceptors (Lipinski definition) is 2. The summed E-state index contributed by atoms with van der Waals surface area (Å²) in [6.45, 7) is 4.75. The zero-order valence-corrected chi connectivity index (χ0v) is 12.4. The fraction of sp³-hybridized carbons (Fsp3) is 0.647. The lowest BCUT2D eigenvalue weighted by atomic mass is 9.91. The van der Waals surface area contributed by atoms with Crippen LogP contribution in [-0.2, 0) is 6.54 Å². The van der Waals surface area contributed by atoms with E-state index in [1.54, 1.807) is 6.07 Å². The fourth-order valence-corrected chi connectivity index (χ4v) is 3.92. The lowest BCUT2D eigenvalue weighted by molar-refractivity contribution is 0.359. The van der Waals surface area contributed by atoms with E-state index in [0.717, 1.165) is 36.8 Å². The molecule has 2 fully saturated rings. The second-order valence-electron chi connectivity index (χ2n) is 6.16. The van der Waals surface area contributed by atoms with Gasteiger partial charge in [0.15, 0.2) is 0 Å². The minimum atomic E-state index is -0.0482. The summed E-state index contributed by atoms with van der Waals surface area (Å²) in [5.41, 5.74) is 1.86. The van der Waals surface area contributed by atoms with Crippen LogP contribution in [0.4, 0.5) is 10.1 Å². The molecule has 110 valence electrons. The van der Waals surface area contributed by atoms with E-state index in [2.05, 4.69) is 23.2 Å². The van der Waals surface area contributed by atoms with Gasteiger partial charge in [0.05, 0.1) is 5.69 Å². The molecule has 2 unspecified atom stereocenters. The molecule has 0 spiro atoms. The topological polar surface area (TPSA) is 15.3 Å². The van der Waals surface area contributed by atoms with E-state index in [0.29, 0.717) is 6.04 Å². The number of piperidine rings is 1. The van der Waals surface area contributed by atoms with Crippen molar-refractivity contribution in [2.24, 2.45) is 5.92 Å². The molecule has 1 saturated carbocycles. The molecule has 2 atom stereocenters. The molecule has 1 aliphatic heterocycles. The number of nitrogens with zero attached hydrogens (tertiary/aromatic N) is 1. The van der Waals surface area contributed by atoms with Gasteiger partial charge in [0.1, 0.15) is 5.82 Å². The molecule has 20 heavy (non-hydrogen) atoms. The number of hydrogen-bond donors (Lipinski definition) is 1. The van der Waals surface area contributed by atoms with E-state index in [-0.39, 0.29) is 5.82 Å². The summed E-state index contributed by atoms with van der Waals surface area (Å²) < 4.78 is 14.4. The Labute approximate surface area is 121 Å². The quantitative estimate of drug-likeness (QED) is 0.902. The van der Waals surface area contributed by atoms with Gasteiger partial charge in [-0.05, 0) is 55.8 Å². The average Bonchev–Trinajstić information content (AvgIpc) is 2.94. The Kier molecular flexibility index (Phi) is 4.25. The molecule has 1 saturated heterocycles. The van der Waals surface area contributed by atoms with Crippen LogP contribution in [0.15, 0.2) is 18.2 Å². The van der Waals surface area contributed by atoms with Crippen LogP contribution in [0.5, 0.6) is 0 Å². The molecule has 1 N–H and O–H groups in total. The Balaban J connectivity index is 1.79. The predicted molar refractivity (Wildman–Crippen MR) is 81.5 cm³/mol. The largest absolute Gasteiger partial charge is 0.366 e. The van der Waals surface area contributed by atoms with Crippen molar-refractivity contribution in [3.63, 3.8) is 0 Å². The SMILES string of the molecule is CCNCc1ccc(N2CCCC3CCCC32)c(F)c1. The highest BCUT2D eigenvalue weighted by atomic mass is 19.1. The molecular formula is C17H25FN2. The van der Waals surface area contributed by atoms with E-state index in [1.165, 1.54) is 32.1 Å². The number of nitrogens with one attached hydrogen (secondary N) is 1. The molecule has 1 aromatic rings. The van der Waals surface area contributed by atoms with E-state index < -0.39 is 0 Å². The molecule has 3 heteroatoms. The second-order valence-corrected chi connectivity index (χ2v) is 6.16. The summed E-state index contributed by atoms with van der Waals surface area (Å²) in [4.78, 5) is 2.34. The highest BCUT2D eigenvalue weighted by Gasteiger charge is 2.35. The van der Waals surface area contributed by atoms with Crippen molar-refractivity contribution in [3.8, 4) is 0 Å². The average molecular weight is 276 g/mol. The molecule has 2 nitrogen and oxygen atoms in total. The Hall–Kier alpha value is -1.09. The Morgan fingerprint density at radius 2 is 2.10 bits per heavy atom. The fourth-order valence-electron chi connectivity index (χ4n) is 3.92. The maximum absolute atomic E-state index is 14.4. The summed E-state index contributed by atoms with van der Waals surface area (Å²) in [6, 6.07) is 6.34. The Morgan fingerprint density at radius 3 is 2.90 bits per heavy atom. The van der Waals surface area contributed by atoms with Gasteiger partial charge in [0.2, 0.25) is 0 Å². The zero-order valence-electron chi connectivity index (χ0n) is 12.4. The first-order valence-electron chi connectivity index (χ1n) is 8.05. The van der Waals surface area contributed by atoms with Crippen LogP contribution in [0.2, 0.25) is 0 Å². The molecule has 1 aromatic carbocycles. The third-order valence-electron chi connectivity index (χ3n) is 4.89. The van der Waals surface area contributed by atoms with Crippen molar-refractivity contribution >= 4 is 5.69 Å². The third-order valence-corrected chi connectivity index (χ3v) is 4.89. The Bertz CT molecular complexity index is 460. The van der Waals surface area contributed by atoms with Crippen LogP contribution in [0, 0.1) is 11.7 Å². The van der Waals surface area contributed by atoms with Crippen LogP contribution in [0.3, 0.4) is 0 Å². The first-order chi connectivity index (χ1) is 9.79. The van der Waals surface area contributed by atoms with Crippen molar-refractivity contribution in [2.45, 2.75) is 51.6 Å². The van der Waals surface area contributed by atoms with Crippen LogP contribution in [0.25, 0.3) is 0 Å². The first-order valence-corrected chi connectivity index (χ1v) is 8.05. The summed E-state index contributed by atoms with van der Waals surface area (Å²) >= 11 is 0. The van der Waals surface area contributed by atoms with Crippen molar-refractivity contribution in [1.82, 2.24) is 5.32 Å². The number of benzene rings is 1. The van der Waals surface area contributed by atoms with Gasteiger partial charge in [-0.15, -0.1) is 0 Å². The molecular weight excluding hydrogens is 251 g/mol. The maximum atomic E-state index is 14.4. The summed E-state index contributed by atoms with van der Waals surface area (Å²) in [6.07, 6.45) is 6.43. The van der Waals surface area contributed by atoms with Crippen LogP contribution in [-0.4, -0.2) is 19.1 Å². The third kappa shape index (κ3) is 2.69. The zero-order chi connectivity index (χ0) is 13.9. The van der Waals surface area contributed by atoms with Gasteiger partial charge < -0.3 is 10.2 Å². The summed E-state index contributed by atoms with van der Waals surface area (Å²) in [5, 5.41) is 3.25. The summed E-state index contributed by atoms with van der Waals surface area (Å²) in [5.74, 6) is 0.748. The normalized spacial score (nSPS) is 25.8. The number of anilines is 1. The Morgan fingerprint density at radius 1 is 1.25 bits per heavy atom. The van der Waals surface area contributed by atoms with Gasteiger partial charge >= 0.3 is 0 Å². The van der Waals surface area contributed by atoms with E-state index in [4.69, 9.17) is 0 Å². The highest BCUT2D eigenvalue weighted by Crippen LogP contribution is 2.39. The smallest absolute Gasteiger partial charge is 0.146 e. The van der Waals surface area contributed by atoms with Gasteiger partial charge in [-0.3, -0.25) is 0 Å². The van der Waals surface area contributed by atoms with Gasteiger partial charge in [-0.1, -0.05) is 19.4 Å². The van der Waals surface area contributed by atoms with E-state index in [1.807, 2.05) is 6.07 Å². The molecule has 0 radical (unpaired) electrons. The summed E-state index contributed by atoms with van der Waals surface area (Å²) in [7, 11) is 0. The molecule has 0 bridgehead atoms. The second kappa shape index (κ2) is 6.13. The predicted octanol–water partition coefficient (Wildman–Crippen LogP) is 3.70. The van der Waals surface area contributed by atoms with Gasteiger partial charge in [0.25, 0.3) is 0 Å². The molecule has 1 heterocycles. The van der Waals surface area contributed by atoms with Crippen molar-refractivity contribution in [3.05, 3.63) is 29.6 Å². The van der Waals surface area contributed by atoms with Crippen LogP contribution >= 0.6 is 0 Å². The van der Waals surface area contributed by atoms with Crippen molar-refractivity contribution < 1.29 is 4.39 Å². The lowest BCUT2D eigenvalue weighted by Gasteiger charge is -2.39. The minimum Gasteiger partial charge on any atom is -0.366 e. The van der Waals surface area contributed by atoms with Gasteiger partial charge in [-0.25, -0.2) is 4.39 Å². The van der Waals surface area contributed by atoms with E-state index in [9.17, 15) is 4.39 Å². The van der Waals surface area contributed by atoms with Crippen LogP contribution < -0.4 is 10.2 Å². The number of halogens is 1. The maximum Gasteiger partial charge on any atom is 0.146 e. The van der Waals surface area contributed by atoms with Gasteiger partial charge in [-0.2, -0.15) is 0 Å². The number of fused-ring (bicyclic) bond motifs is 1. The van der Waals surface area contributed by atoms with Crippen molar-refractivity contribution in [2.75, 3.05) is 18.0 Å².